The molecule has 4 nitrogen and oxygen atoms in total. The third-order valence-corrected chi connectivity index (χ3v) is 3.77. The molecule has 1 aliphatic rings. The molecule has 2 rings (SSSR count). The van der Waals surface area contributed by atoms with Gasteiger partial charge in [-0.3, -0.25) is 9.69 Å². The fraction of sp³-hybridized carbons (Fsp3) is 0.562. The Bertz CT molecular complexity index is 423. The van der Waals surface area contributed by atoms with Crippen LogP contribution in [-0.4, -0.2) is 36.5 Å². The Kier molecular flexibility index (Phi) is 10.4. The number of amides is 1. The van der Waals surface area contributed by atoms with E-state index in [2.05, 4.69) is 34.5 Å². The Morgan fingerprint density at radius 3 is 2.36 bits per heavy atom. The van der Waals surface area contributed by atoms with Crippen molar-refractivity contribution in [1.82, 2.24) is 10.2 Å². The van der Waals surface area contributed by atoms with Crippen LogP contribution in [0.5, 0.6) is 0 Å². The Hall–Kier alpha value is -0.810. The molecular weight excluding hydrogens is 321 g/mol. The molecule has 1 fully saturated rings. The molecule has 1 aromatic carbocycles. The van der Waals surface area contributed by atoms with E-state index in [9.17, 15) is 4.79 Å². The topological polar surface area (TPSA) is 58.4 Å². The lowest BCUT2D eigenvalue weighted by Crippen LogP contribution is -2.38. The number of hydrogen-bond donors (Lipinski definition) is 2. The standard InChI is InChI=1S/C16H25N3O.2ClH/c1-13(17)11-16(20)18-12-15(19-9-5-6-10-19)14-7-3-2-4-8-14;;/h2-4,7-8,13,15H,5-6,9-12,17H2,1H3,(H,18,20);2*1H. The van der Waals surface area contributed by atoms with Crippen LogP contribution in [-0.2, 0) is 4.79 Å². The van der Waals surface area contributed by atoms with Gasteiger partial charge in [-0.05, 0) is 38.4 Å². The molecule has 1 saturated heterocycles. The molecular formula is C16H27Cl2N3O. The number of halogens is 2. The molecule has 1 heterocycles. The summed E-state index contributed by atoms with van der Waals surface area (Å²) in [5, 5.41) is 3.03. The highest BCUT2D eigenvalue weighted by molar-refractivity contribution is 5.85. The zero-order chi connectivity index (χ0) is 14.4. The molecule has 6 heteroatoms. The second kappa shape index (κ2) is 10.8. The normalized spacial score (nSPS) is 17.0. The molecule has 0 bridgehead atoms. The maximum absolute atomic E-state index is 11.8. The van der Waals surface area contributed by atoms with Crippen molar-refractivity contribution < 1.29 is 4.79 Å². The molecule has 1 aromatic rings. The van der Waals surface area contributed by atoms with Crippen LogP contribution < -0.4 is 11.1 Å². The van der Waals surface area contributed by atoms with E-state index < -0.39 is 0 Å². The Morgan fingerprint density at radius 2 is 1.82 bits per heavy atom. The smallest absolute Gasteiger partial charge is 0.221 e. The summed E-state index contributed by atoms with van der Waals surface area (Å²) < 4.78 is 0. The first-order valence-electron chi connectivity index (χ1n) is 7.48. The van der Waals surface area contributed by atoms with Gasteiger partial charge < -0.3 is 11.1 Å². The van der Waals surface area contributed by atoms with Gasteiger partial charge in [0, 0.05) is 19.0 Å². The molecule has 1 amide bonds. The fourth-order valence-electron chi connectivity index (χ4n) is 2.76. The van der Waals surface area contributed by atoms with Crippen LogP contribution in [0.1, 0.15) is 37.8 Å². The molecule has 22 heavy (non-hydrogen) atoms. The predicted octanol–water partition coefficient (Wildman–Crippen LogP) is 2.52. The monoisotopic (exact) mass is 347 g/mol. The lowest BCUT2D eigenvalue weighted by molar-refractivity contribution is -0.121. The summed E-state index contributed by atoms with van der Waals surface area (Å²) in [6, 6.07) is 10.6. The number of likely N-dealkylation sites (tertiary alicyclic amines) is 1. The van der Waals surface area contributed by atoms with Gasteiger partial charge in [-0.15, -0.1) is 24.8 Å². The summed E-state index contributed by atoms with van der Waals surface area (Å²) in [6.45, 7) is 4.75. The number of nitrogens with zero attached hydrogens (tertiary/aromatic N) is 1. The number of carbonyl (C=O) groups excluding carboxylic acids is 1. The molecule has 0 aliphatic carbocycles. The molecule has 2 unspecified atom stereocenters. The van der Waals surface area contributed by atoms with Crippen LogP contribution in [0.2, 0.25) is 0 Å². The zero-order valence-corrected chi connectivity index (χ0v) is 14.7. The third kappa shape index (κ3) is 6.53. The van der Waals surface area contributed by atoms with E-state index in [1.165, 1.54) is 18.4 Å². The third-order valence-electron chi connectivity index (χ3n) is 3.77. The minimum Gasteiger partial charge on any atom is -0.354 e. The summed E-state index contributed by atoms with van der Waals surface area (Å²) in [4.78, 5) is 14.3. The highest BCUT2D eigenvalue weighted by Crippen LogP contribution is 2.24. The maximum Gasteiger partial charge on any atom is 0.221 e. The van der Waals surface area contributed by atoms with E-state index in [0.717, 1.165) is 13.1 Å². The molecule has 0 aromatic heterocycles. The number of carbonyl (C=O) groups is 1. The van der Waals surface area contributed by atoms with Crippen LogP contribution in [0.25, 0.3) is 0 Å². The summed E-state index contributed by atoms with van der Waals surface area (Å²) in [7, 11) is 0. The molecule has 0 saturated carbocycles. The lowest BCUT2D eigenvalue weighted by Gasteiger charge is -2.28. The van der Waals surface area contributed by atoms with Crippen LogP contribution >= 0.6 is 24.8 Å². The van der Waals surface area contributed by atoms with Crippen molar-refractivity contribution in [1.29, 1.82) is 0 Å². The summed E-state index contributed by atoms with van der Waals surface area (Å²) in [5.41, 5.74) is 6.94. The molecule has 1 aliphatic heterocycles. The van der Waals surface area contributed by atoms with E-state index in [0.29, 0.717) is 13.0 Å². The quantitative estimate of drug-likeness (QED) is 0.831. The SMILES string of the molecule is CC(N)CC(=O)NCC(c1ccccc1)N1CCCC1.Cl.Cl. The van der Waals surface area contributed by atoms with E-state index in [-0.39, 0.29) is 42.8 Å². The number of hydrogen-bond acceptors (Lipinski definition) is 3. The zero-order valence-electron chi connectivity index (χ0n) is 13.0. The molecule has 2 atom stereocenters. The van der Waals surface area contributed by atoms with Crippen molar-refractivity contribution in [3.8, 4) is 0 Å². The van der Waals surface area contributed by atoms with Gasteiger partial charge in [-0.2, -0.15) is 0 Å². The van der Waals surface area contributed by atoms with Gasteiger partial charge in [-0.1, -0.05) is 30.3 Å². The summed E-state index contributed by atoms with van der Waals surface area (Å²) >= 11 is 0. The van der Waals surface area contributed by atoms with Gasteiger partial charge in [0.2, 0.25) is 5.91 Å². The van der Waals surface area contributed by atoms with Gasteiger partial charge >= 0.3 is 0 Å². The number of rotatable bonds is 6. The van der Waals surface area contributed by atoms with Crippen LogP contribution in [0, 0.1) is 0 Å². The average molecular weight is 348 g/mol. The van der Waals surface area contributed by atoms with Gasteiger partial charge in [0.25, 0.3) is 0 Å². The molecule has 126 valence electrons. The van der Waals surface area contributed by atoms with Crippen LogP contribution in [0.15, 0.2) is 30.3 Å². The number of nitrogens with two attached hydrogens (primary N) is 1. The second-order valence-corrected chi connectivity index (χ2v) is 5.66. The van der Waals surface area contributed by atoms with Crippen molar-refractivity contribution in [3.05, 3.63) is 35.9 Å². The van der Waals surface area contributed by atoms with Crippen molar-refractivity contribution in [3.63, 3.8) is 0 Å². The van der Waals surface area contributed by atoms with E-state index in [1.54, 1.807) is 0 Å². The minimum atomic E-state index is -0.0861. The van der Waals surface area contributed by atoms with Gasteiger partial charge in [0.15, 0.2) is 0 Å². The van der Waals surface area contributed by atoms with E-state index in [4.69, 9.17) is 5.73 Å². The molecule has 3 N–H and O–H groups in total. The average Bonchev–Trinajstić information content (AvgIpc) is 2.93. The van der Waals surface area contributed by atoms with Crippen molar-refractivity contribution in [2.75, 3.05) is 19.6 Å². The minimum absolute atomic E-state index is 0. The van der Waals surface area contributed by atoms with Gasteiger partial charge in [-0.25, -0.2) is 0 Å². The van der Waals surface area contributed by atoms with Crippen molar-refractivity contribution in [2.45, 2.75) is 38.3 Å². The summed E-state index contributed by atoms with van der Waals surface area (Å²) in [6.07, 6.45) is 2.88. The molecule has 0 radical (unpaired) electrons. The van der Waals surface area contributed by atoms with Gasteiger partial charge in [0.1, 0.15) is 0 Å². The number of benzene rings is 1. The first-order chi connectivity index (χ1) is 9.66. The molecule has 0 spiro atoms. The predicted molar refractivity (Wildman–Crippen MR) is 95.8 cm³/mol. The van der Waals surface area contributed by atoms with Crippen molar-refractivity contribution in [2.24, 2.45) is 5.73 Å². The van der Waals surface area contributed by atoms with Gasteiger partial charge in [0.05, 0.1) is 6.04 Å². The Labute approximate surface area is 145 Å². The Balaban J connectivity index is 0.00000220. The van der Waals surface area contributed by atoms with Crippen LogP contribution in [0.3, 0.4) is 0 Å². The highest BCUT2D eigenvalue weighted by atomic mass is 35.5. The van der Waals surface area contributed by atoms with Crippen molar-refractivity contribution >= 4 is 30.7 Å². The van der Waals surface area contributed by atoms with E-state index >= 15 is 0 Å². The number of nitrogens with one attached hydrogen (secondary N) is 1. The van der Waals surface area contributed by atoms with Crippen LogP contribution in [0.4, 0.5) is 0 Å². The Morgan fingerprint density at radius 1 is 1.23 bits per heavy atom. The van der Waals surface area contributed by atoms with E-state index in [1.807, 2.05) is 13.0 Å². The fourth-order valence-corrected chi connectivity index (χ4v) is 2.76. The highest BCUT2D eigenvalue weighted by Gasteiger charge is 2.23. The largest absolute Gasteiger partial charge is 0.354 e. The maximum atomic E-state index is 11.8. The lowest BCUT2D eigenvalue weighted by atomic mass is 10.1. The first-order valence-corrected chi connectivity index (χ1v) is 7.48. The second-order valence-electron chi connectivity index (χ2n) is 5.66. The first kappa shape index (κ1) is 21.2. The summed E-state index contributed by atoms with van der Waals surface area (Å²) in [5.74, 6) is 0.0418.